The molecule has 0 radical (unpaired) electrons. The number of hydrogen-bond acceptors (Lipinski definition) is 8. The Morgan fingerprint density at radius 2 is 1.25 bits per heavy atom. The van der Waals surface area contributed by atoms with Gasteiger partial charge in [-0.05, 0) is 62.1 Å². The zero-order valence-electron chi connectivity index (χ0n) is 23.9. The van der Waals surface area contributed by atoms with Crippen molar-refractivity contribution in [1.82, 2.24) is 9.13 Å². The van der Waals surface area contributed by atoms with Gasteiger partial charge in [0.25, 0.3) is 22.5 Å². The molecule has 0 atom stereocenters. The van der Waals surface area contributed by atoms with E-state index in [9.17, 15) is 20.1 Å². The van der Waals surface area contributed by atoms with Gasteiger partial charge in [-0.25, -0.2) is 20.2 Å². The smallest absolute Gasteiger partial charge is 0.294 e. The summed E-state index contributed by atoms with van der Waals surface area (Å²) in [6.07, 6.45) is 9.30. The van der Waals surface area contributed by atoms with Gasteiger partial charge >= 0.3 is 0 Å². The molecule has 0 N–H and O–H groups in total. The molecule has 2 aliphatic carbocycles. The topological polar surface area (TPSA) is 100 Å². The summed E-state index contributed by atoms with van der Waals surface area (Å²) < 4.78 is 4.78. The zero-order chi connectivity index (χ0) is 31.2. The van der Waals surface area contributed by atoms with E-state index in [-0.39, 0.29) is 27.9 Å². The van der Waals surface area contributed by atoms with Crippen LogP contribution in [0.2, 0.25) is 0 Å². The highest BCUT2D eigenvalue weighted by Crippen LogP contribution is 2.60. The van der Waals surface area contributed by atoms with Gasteiger partial charge in [0, 0.05) is 38.0 Å². The summed E-state index contributed by atoms with van der Waals surface area (Å²) in [5, 5.41) is 18.8. The van der Waals surface area contributed by atoms with Gasteiger partial charge in [0.05, 0.1) is 34.3 Å². The Morgan fingerprint density at radius 3 is 1.61 bits per heavy atom. The monoisotopic (exact) mass is 652 g/mol. The summed E-state index contributed by atoms with van der Waals surface area (Å²) in [6, 6.07) is 8.28. The number of rotatable bonds is 4. The van der Waals surface area contributed by atoms with Crippen LogP contribution in [0, 0.1) is 35.8 Å². The molecule has 0 aromatic carbocycles. The first kappa shape index (κ1) is 29.8. The first-order chi connectivity index (χ1) is 21.3. The molecule has 12 heteroatoms. The second-order valence-electron chi connectivity index (χ2n) is 10.5. The van der Waals surface area contributed by atoms with E-state index in [1.54, 1.807) is 22.7 Å². The van der Waals surface area contributed by atoms with Crippen molar-refractivity contribution in [3.63, 3.8) is 0 Å². The fourth-order valence-corrected chi connectivity index (χ4v) is 11.2. The molecule has 0 aliphatic heterocycles. The van der Waals surface area contributed by atoms with E-state index in [0.29, 0.717) is 31.5 Å². The molecule has 2 aliphatic rings. The van der Waals surface area contributed by atoms with Gasteiger partial charge in [0.15, 0.2) is 0 Å². The number of nitrogens with zero attached hydrogens (tertiary/aromatic N) is 6. The molecule has 1 fully saturated rings. The van der Waals surface area contributed by atoms with Gasteiger partial charge in [-0.1, -0.05) is 19.3 Å². The highest BCUT2D eigenvalue weighted by Gasteiger charge is 2.46. The summed E-state index contributed by atoms with van der Waals surface area (Å²) in [4.78, 5) is 37.4. The Morgan fingerprint density at radius 1 is 0.818 bits per heavy atom. The molecule has 4 aromatic heterocycles. The molecular formula is C32H24N6O2S4. The summed E-state index contributed by atoms with van der Waals surface area (Å²) in [6.45, 7) is 19.1. The largest absolute Gasteiger partial charge is 0.307 e. The van der Waals surface area contributed by atoms with Crippen molar-refractivity contribution in [1.29, 1.82) is 10.5 Å². The van der Waals surface area contributed by atoms with Crippen LogP contribution < -0.4 is 29.5 Å². The maximum atomic E-state index is 13.2. The third-order valence-electron chi connectivity index (χ3n) is 8.28. The van der Waals surface area contributed by atoms with Gasteiger partial charge in [0.2, 0.25) is 0 Å². The molecule has 1 spiro atoms. The van der Waals surface area contributed by atoms with E-state index in [4.69, 9.17) is 13.1 Å². The minimum absolute atomic E-state index is 0.0742. The van der Waals surface area contributed by atoms with Gasteiger partial charge < -0.3 is 9.13 Å². The molecule has 6 rings (SSSR count). The third kappa shape index (κ3) is 4.54. The molecular weight excluding hydrogens is 629 g/mol. The maximum Gasteiger partial charge on any atom is 0.294 e. The van der Waals surface area contributed by atoms with E-state index < -0.39 is 0 Å². The summed E-state index contributed by atoms with van der Waals surface area (Å²) in [5.41, 5.74) is 1.96. The van der Waals surface area contributed by atoms with Crippen molar-refractivity contribution in [2.45, 2.75) is 64.5 Å². The highest BCUT2D eigenvalue weighted by molar-refractivity contribution is 7.23. The lowest BCUT2D eigenvalue weighted by Crippen LogP contribution is -2.31. The molecule has 0 saturated heterocycles. The third-order valence-corrected chi connectivity index (χ3v) is 12.8. The van der Waals surface area contributed by atoms with E-state index in [0.717, 1.165) is 35.4 Å². The van der Waals surface area contributed by atoms with Crippen LogP contribution in [0.4, 0.5) is 0 Å². The number of aromatic nitrogens is 2. The van der Waals surface area contributed by atoms with Crippen molar-refractivity contribution < 1.29 is 0 Å². The second-order valence-corrected chi connectivity index (χ2v) is 14.7. The summed E-state index contributed by atoms with van der Waals surface area (Å²) >= 11 is 5.68. The Bertz CT molecular complexity index is 2200. The van der Waals surface area contributed by atoms with E-state index >= 15 is 0 Å². The van der Waals surface area contributed by atoms with Gasteiger partial charge in [-0.3, -0.25) is 9.59 Å². The lowest BCUT2D eigenvalue weighted by Gasteiger charge is -2.34. The van der Waals surface area contributed by atoms with Crippen molar-refractivity contribution in [3.05, 3.63) is 94.9 Å². The maximum absolute atomic E-state index is 13.2. The van der Waals surface area contributed by atoms with Gasteiger partial charge in [0.1, 0.15) is 9.33 Å². The molecule has 44 heavy (non-hydrogen) atoms. The molecule has 1 saturated carbocycles. The lowest BCUT2D eigenvalue weighted by molar-refractivity contribution is 0.353. The molecule has 8 nitrogen and oxygen atoms in total. The van der Waals surface area contributed by atoms with E-state index in [1.165, 1.54) is 59.1 Å². The summed E-state index contributed by atoms with van der Waals surface area (Å²) in [5.74, 6) is 0. The van der Waals surface area contributed by atoms with Crippen LogP contribution in [-0.2, 0) is 18.5 Å². The van der Waals surface area contributed by atoms with Crippen molar-refractivity contribution in [2.24, 2.45) is 0 Å². The summed E-state index contributed by atoms with van der Waals surface area (Å²) in [7, 11) is 0. The van der Waals surface area contributed by atoms with Crippen molar-refractivity contribution in [3.8, 4) is 21.9 Å². The van der Waals surface area contributed by atoms with Crippen LogP contribution in [0.25, 0.3) is 43.0 Å². The molecule has 218 valence electrons. The fourth-order valence-electron chi connectivity index (χ4n) is 6.31. The minimum Gasteiger partial charge on any atom is -0.307 e. The van der Waals surface area contributed by atoms with Crippen LogP contribution >= 0.6 is 45.3 Å². The Kier molecular flexibility index (Phi) is 7.88. The Balaban J connectivity index is 1.53. The number of hydrogen-bond donors (Lipinski definition) is 0. The first-order valence-electron chi connectivity index (χ1n) is 14.1. The van der Waals surface area contributed by atoms with Crippen molar-refractivity contribution >= 4 is 68.9 Å². The SMILES string of the molecule is [C-]#[N+]/C(C#N)=c1\s/c(=C\c2cc3c(s2)-c2sc(/C=c4\s/c(=C(\C#N)[N+]#[C-])n(CC)c4=O)cc2C32CCCCC2)c(=O)n1CC. The lowest BCUT2D eigenvalue weighted by atomic mass is 9.68. The van der Waals surface area contributed by atoms with Crippen LogP contribution in [0.15, 0.2) is 21.7 Å². The van der Waals surface area contributed by atoms with Crippen LogP contribution in [0.1, 0.15) is 66.8 Å². The number of fused-ring (bicyclic) bond motifs is 5. The molecule has 0 amide bonds. The Hall–Kier alpha value is -4.30. The minimum atomic E-state index is -0.193. The van der Waals surface area contributed by atoms with Gasteiger partial charge in [-0.15, -0.1) is 45.3 Å². The average molecular weight is 653 g/mol. The molecule has 0 bridgehead atoms. The molecule has 0 unspecified atom stereocenters. The predicted octanol–water partition coefficient (Wildman–Crippen LogP) is 4.29. The van der Waals surface area contributed by atoms with E-state index in [1.807, 2.05) is 38.1 Å². The van der Waals surface area contributed by atoms with E-state index in [2.05, 4.69) is 21.8 Å². The Labute approximate surface area is 268 Å². The van der Waals surface area contributed by atoms with Crippen LogP contribution in [0.5, 0.6) is 0 Å². The van der Waals surface area contributed by atoms with Crippen LogP contribution in [-0.4, -0.2) is 9.13 Å². The normalized spacial score (nSPS) is 17.0. The molecule has 4 aromatic rings. The zero-order valence-corrected chi connectivity index (χ0v) is 27.2. The first-order valence-corrected chi connectivity index (χ1v) is 17.4. The number of thiophene rings is 2. The standard InChI is InChI=1S/C32H24N6O2S4/c1-5-37-28(39)24(43-30(37)22(16-33)35-3)14-18-12-20-26(41-18)27-21(32(20)10-8-7-9-11-32)13-19(42-27)15-25-29(40)38(6-2)31(44-25)23(17-34)36-4/h12-15H,5-11H2,1-2H3/b24-14-,25-15-,30-22-,31-23+. The second kappa shape index (κ2) is 11.7. The highest BCUT2D eigenvalue weighted by atomic mass is 32.1. The van der Waals surface area contributed by atoms with Gasteiger partial charge in [-0.2, -0.15) is 0 Å². The quantitative estimate of drug-likeness (QED) is 0.307. The average Bonchev–Trinajstić information content (AvgIpc) is 3.82. The number of thiazole rings is 2. The predicted molar refractivity (Wildman–Crippen MR) is 177 cm³/mol. The fraction of sp³-hybridized carbons (Fsp3) is 0.312. The number of nitriles is 2. The molecule has 4 heterocycles. The van der Waals surface area contributed by atoms with Crippen LogP contribution in [0.3, 0.4) is 0 Å². The van der Waals surface area contributed by atoms with Crippen molar-refractivity contribution in [2.75, 3.05) is 0 Å².